The fourth-order valence-corrected chi connectivity index (χ4v) is 4.21. The Bertz CT molecular complexity index is 816. The predicted molar refractivity (Wildman–Crippen MR) is 111 cm³/mol. The maximum atomic E-state index is 11.2. The van der Waals surface area contributed by atoms with Crippen LogP contribution < -0.4 is 0 Å². The van der Waals surface area contributed by atoms with E-state index in [-0.39, 0.29) is 6.04 Å². The van der Waals surface area contributed by atoms with Crippen LogP contribution in [0.5, 0.6) is 0 Å². The van der Waals surface area contributed by atoms with E-state index in [4.69, 9.17) is 11.6 Å². The monoisotopic (exact) mass is 377 g/mol. The van der Waals surface area contributed by atoms with Crippen LogP contribution in [-0.2, 0) is 5.60 Å². The lowest BCUT2D eigenvalue weighted by atomic mass is 9.83. The molecule has 1 fully saturated rings. The highest BCUT2D eigenvalue weighted by atomic mass is 35.5. The Hall–Kier alpha value is -2.13. The SMILES string of the molecule is OC1(c2ccc(Cl)cc2)CCN(C(c2ccccc2)c2ccccc2)CC1. The van der Waals surface area contributed by atoms with Crippen LogP contribution in [0, 0.1) is 0 Å². The Morgan fingerprint density at radius 3 is 1.70 bits per heavy atom. The van der Waals surface area contributed by atoms with E-state index in [1.165, 1.54) is 11.1 Å². The molecule has 1 N–H and O–H groups in total. The van der Waals surface area contributed by atoms with E-state index >= 15 is 0 Å². The Morgan fingerprint density at radius 1 is 0.741 bits per heavy atom. The Kier molecular flexibility index (Phi) is 5.31. The van der Waals surface area contributed by atoms with Gasteiger partial charge in [0.05, 0.1) is 11.6 Å². The quantitative estimate of drug-likeness (QED) is 0.656. The Balaban J connectivity index is 1.58. The number of benzene rings is 3. The van der Waals surface area contributed by atoms with E-state index in [1.54, 1.807) is 0 Å². The minimum Gasteiger partial charge on any atom is -0.385 e. The summed E-state index contributed by atoms with van der Waals surface area (Å²) >= 11 is 6.01. The molecule has 0 saturated carbocycles. The normalized spacial score (nSPS) is 17.1. The van der Waals surface area contributed by atoms with Crippen molar-refractivity contribution in [1.29, 1.82) is 0 Å². The predicted octanol–water partition coefficient (Wildman–Crippen LogP) is 5.41. The third kappa shape index (κ3) is 3.93. The molecule has 138 valence electrons. The van der Waals surface area contributed by atoms with Crippen molar-refractivity contribution in [2.75, 3.05) is 13.1 Å². The number of likely N-dealkylation sites (tertiary alicyclic amines) is 1. The zero-order chi connectivity index (χ0) is 18.7. The van der Waals surface area contributed by atoms with Crippen molar-refractivity contribution in [3.63, 3.8) is 0 Å². The standard InChI is InChI=1S/C24H24ClNO/c25-22-13-11-21(12-14-22)24(27)15-17-26(18-16-24)23(19-7-3-1-4-8-19)20-9-5-2-6-10-20/h1-14,23,27H,15-18H2. The molecule has 3 heteroatoms. The largest absolute Gasteiger partial charge is 0.385 e. The summed E-state index contributed by atoms with van der Waals surface area (Å²) in [5.41, 5.74) is 2.77. The van der Waals surface area contributed by atoms with Crippen molar-refractivity contribution in [1.82, 2.24) is 4.90 Å². The van der Waals surface area contributed by atoms with E-state index in [1.807, 2.05) is 24.3 Å². The second-order valence-electron chi connectivity index (χ2n) is 7.30. The maximum Gasteiger partial charge on any atom is 0.0920 e. The van der Waals surface area contributed by atoms with Gasteiger partial charge in [-0.25, -0.2) is 0 Å². The van der Waals surface area contributed by atoms with E-state index in [0.717, 1.165) is 18.7 Å². The molecule has 2 nitrogen and oxygen atoms in total. The van der Waals surface area contributed by atoms with Gasteiger partial charge in [-0.1, -0.05) is 84.4 Å². The van der Waals surface area contributed by atoms with Crippen LogP contribution in [0.25, 0.3) is 0 Å². The zero-order valence-corrected chi connectivity index (χ0v) is 16.0. The van der Waals surface area contributed by atoms with Gasteiger partial charge in [-0.2, -0.15) is 0 Å². The number of aliphatic hydroxyl groups is 1. The van der Waals surface area contributed by atoms with Gasteiger partial charge in [-0.3, -0.25) is 4.90 Å². The fraction of sp³-hybridized carbons (Fsp3) is 0.250. The number of nitrogens with zero attached hydrogens (tertiary/aromatic N) is 1. The molecule has 0 aromatic heterocycles. The molecule has 0 amide bonds. The number of piperidine rings is 1. The molecule has 1 aliphatic rings. The lowest BCUT2D eigenvalue weighted by Crippen LogP contribution is -2.44. The average molecular weight is 378 g/mol. The average Bonchev–Trinajstić information content (AvgIpc) is 2.72. The molecule has 27 heavy (non-hydrogen) atoms. The summed E-state index contributed by atoms with van der Waals surface area (Å²) in [5, 5.41) is 11.9. The summed E-state index contributed by atoms with van der Waals surface area (Å²) in [5.74, 6) is 0. The molecule has 0 atom stereocenters. The van der Waals surface area contributed by atoms with Crippen molar-refractivity contribution >= 4 is 11.6 Å². The van der Waals surface area contributed by atoms with Gasteiger partial charge >= 0.3 is 0 Å². The molecule has 0 radical (unpaired) electrons. The van der Waals surface area contributed by atoms with E-state index in [2.05, 4.69) is 65.6 Å². The highest BCUT2D eigenvalue weighted by Gasteiger charge is 2.36. The van der Waals surface area contributed by atoms with Gasteiger partial charge in [0.1, 0.15) is 0 Å². The van der Waals surface area contributed by atoms with E-state index in [0.29, 0.717) is 17.9 Å². The minimum absolute atomic E-state index is 0.210. The van der Waals surface area contributed by atoms with Gasteiger partial charge < -0.3 is 5.11 Å². The molecular formula is C24H24ClNO. The van der Waals surface area contributed by atoms with Crippen LogP contribution in [-0.4, -0.2) is 23.1 Å². The Morgan fingerprint density at radius 2 is 1.22 bits per heavy atom. The first-order valence-corrected chi connectivity index (χ1v) is 9.86. The summed E-state index contributed by atoms with van der Waals surface area (Å²) < 4.78 is 0. The summed E-state index contributed by atoms with van der Waals surface area (Å²) in [6, 6.07) is 29.1. The molecule has 3 aromatic carbocycles. The van der Waals surface area contributed by atoms with Gasteiger partial charge in [-0.15, -0.1) is 0 Å². The summed E-state index contributed by atoms with van der Waals surface area (Å²) in [7, 11) is 0. The molecule has 0 aliphatic carbocycles. The van der Waals surface area contributed by atoms with Crippen molar-refractivity contribution < 1.29 is 5.11 Å². The first-order chi connectivity index (χ1) is 13.2. The number of hydrogen-bond donors (Lipinski definition) is 1. The molecule has 1 saturated heterocycles. The summed E-state index contributed by atoms with van der Waals surface area (Å²) in [4.78, 5) is 2.48. The van der Waals surface area contributed by atoms with Crippen molar-refractivity contribution in [2.24, 2.45) is 0 Å². The first kappa shape index (κ1) is 18.2. The van der Waals surface area contributed by atoms with E-state index < -0.39 is 5.60 Å². The fourth-order valence-electron chi connectivity index (χ4n) is 4.09. The lowest BCUT2D eigenvalue weighted by molar-refractivity contribution is -0.0324. The second-order valence-corrected chi connectivity index (χ2v) is 7.73. The zero-order valence-electron chi connectivity index (χ0n) is 15.3. The molecule has 4 rings (SSSR count). The Labute approximate surface area is 166 Å². The van der Waals surface area contributed by atoms with Crippen LogP contribution in [0.4, 0.5) is 0 Å². The summed E-state index contributed by atoms with van der Waals surface area (Å²) in [6.45, 7) is 1.68. The van der Waals surface area contributed by atoms with Gasteiger partial charge in [0, 0.05) is 18.1 Å². The lowest BCUT2D eigenvalue weighted by Gasteiger charge is -2.42. The van der Waals surface area contributed by atoms with Crippen molar-refractivity contribution in [3.05, 3.63) is 107 Å². The van der Waals surface area contributed by atoms with Crippen LogP contribution >= 0.6 is 11.6 Å². The van der Waals surface area contributed by atoms with Crippen molar-refractivity contribution in [3.8, 4) is 0 Å². The first-order valence-electron chi connectivity index (χ1n) is 9.48. The minimum atomic E-state index is -0.779. The number of hydrogen-bond acceptors (Lipinski definition) is 2. The number of halogens is 1. The maximum absolute atomic E-state index is 11.2. The molecule has 1 aliphatic heterocycles. The number of rotatable bonds is 4. The van der Waals surface area contributed by atoms with Gasteiger partial charge in [0.2, 0.25) is 0 Å². The van der Waals surface area contributed by atoms with Crippen molar-refractivity contribution in [2.45, 2.75) is 24.5 Å². The van der Waals surface area contributed by atoms with Gasteiger partial charge in [-0.05, 0) is 41.7 Å². The topological polar surface area (TPSA) is 23.5 Å². The molecule has 0 bridgehead atoms. The molecule has 0 spiro atoms. The highest BCUT2D eigenvalue weighted by molar-refractivity contribution is 6.30. The van der Waals surface area contributed by atoms with Crippen LogP contribution in [0.2, 0.25) is 5.02 Å². The van der Waals surface area contributed by atoms with E-state index in [9.17, 15) is 5.11 Å². The third-order valence-corrected chi connectivity index (χ3v) is 5.85. The smallest absolute Gasteiger partial charge is 0.0920 e. The molecule has 0 unspecified atom stereocenters. The molecule has 1 heterocycles. The van der Waals surface area contributed by atoms with Crippen LogP contribution in [0.15, 0.2) is 84.9 Å². The van der Waals surface area contributed by atoms with Crippen LogP contribution in [0.3, 0.4) is 0 Å². The third-order valence-electron chi connectivity index (χ3n) is 5.60. The van der Waals surface area contributed by atoms with Crippen LogP contribution in [0.1, 0.15) is 35.6 Å². The van der Waals surface area contributed by atoms with Gasteiger partial charge in [0.15, 0.2) is 0 Å². The molecule has 3 aromatic rings. The molecular weight excluding hydrogens is 354 g/mol. The van der Waals surface area contributed by atoms with Gasteiger partial charge in [0.25, 0.3) is 0 Å². The summed E-state index contributed by atoms with van der Waals surface area (Å²) in [6.07, 6.45) is 1.43. The second kappa shape index (κ2) is 7.85. The highest BCUT2D eigenvalue weighted by Crippen LogP contribution is 2.38.